The molecule has 1 fully saturated rings. The highest BCUT2D eigenvalue weighted by atomic mass is 32.2. The molecule has 1 amide bonds. The SMILES string of the molecule is C[C@@H](c1nc2ccccc2s1)N(C)C(=O)c1cc(S(=O)(=O)N(C)C)ccc1N1CCCC1. The summed E-state index contributed by atoms with van der Waals surface area (Å²) in [6, 6.07) is 12.5. The lowest BCUT2D eigenvalue weighted by molar-refractivity contribution is 0.0743. The minimum absolute atomic E-state index is 0.120. The lowest BCUT2D eigenvalue weighted by Gasteiger charge is -2.27. The van der Waals surface area contributed by atoms with Crippen molar-refractivity contribution >= 4 is 43.2 Å². The first-order chi connectivity index (χ1) is 15.2. The first kappa shape index (κ1) is 22.7. The molecule has 1 saturated heterocycles. The van der Waals surface area contributed by atoms with E-state index in [-0.39, 0.29) is 16.8 Å². The van der Waals surface area contributed by atoms with Crippen LogP contribution in [0.2, 0.25) is 0 Å². The van der Waals surface area contributed by atoms with Gasteiger partial charge in [0.1, 0.15) is 5.01 Å². The maximum atomic E-state index is 13.7. The minimum atomic E-state index is -3.65. The predicted molar refractivity (Wildman–Crippen MR) is 129 cm³/mol. The van der Waals surface area contributed by atoms with Crippen molar-refractivity contribution in [1.82, 2.24) is 14.2 Å². The largest absolute Gasteiger partial charge is 0.371 e. The summed E-state index contributed by atoms with van der Waals surface area (Å²) in [7, 11) is 1.08. The number of amides is 1. The molecule has 0 N–H and O–H groups in total. The van der Waals surface area contributed by atoms with Gasteiger partial charge in [-0.25, -0.2) is 17.7 Å². The molecule has 3 aromatic rings. The van der Waals surface area contributed by atoms with Crippen LogP contribution >= 0.6 is 11.3 Å². The van der Waals surface area contributed by atoms with Crippen LogP contribution in [0.25, 0.3) is 10.2 Å². The second-order valence-electron chi connectivity index (χ2n) is 8.27. The van der Waals surface area contributed by atoms with E-state index in [0.29, 0.717) is 5.56 Å². The fourth-order valence-corrected chi connectivity index (χ4v) is 5.88. The molecule has 170 valence electrons. The van der Waals surface area contributed by atoms with E-state index in [1.165, 1.54) is 24.5 Å². The van der Waals surface area contributed by atoms with Crippen molar-refractivity contribution < 1.29 is 13.2 Å². The average Bonchev–Trinajstić information content (AvgIpc) is 3.47. The summed E-state index contributed by atoms with van der Waals surface area (Å²) in [5, 5.41) is 0.849. The quantitative estimate of drug-likeness (QED) is 0.543. The summed E-state index contributed by atoms with van der Waals surface area (Å²) in [4.78, 5) is 22.3. The summed E-state index contributed by atoms with van der Waals surface area (Å²) in [6.45, 7) is 3.67. The summed E-state index contributed by atoms with van der Waals surface area (Å²) >= 11 is 1.57. The normalized spacial score (nSPS) is 15.5. The first-order valence-corrected chi connectivity index (χ1v) is 12.9. The van der Waals surface area contributed by atoms with E-state index >= 15 is 0 Å². The van der Waals surface area contributed by atoms with Gasteiger partial charge < -0.3 is 9.80 Å². The summed E-state index contributed by atoms with van der Waals surface area (Å²) < 4.78 is 27.7. The molecule has 0 aliphatic carbocycles. The summed E-state index contributed by atoms with van der Waals surface area (Å²) in [5.74, 6) is -0.213. The van der Waals surface area contributed by atoms with E-state index in [1.54, 1.807) is 35.4 Å². The second kappa shape index (κ2) is 8.80. The standard InChI is InChI=1S/C23H28N4O3S2/c1-16(22-24-19-9-5-6-10-21(19)31-22)26(4)23(28)18-15-17(32(29,30)25(2)3)11-12-20(18)27-13-7-8-14-27/h5-6,9-12,15-16H,7-8,13-14H2,1-4H3/t16-/m0/s1. The number of carbonyl (C=O) groups is 1. The second-order valence-corrected chi connectivity index (χ2v) is 11.5. The van der Waals surface area contributed by atoms with Crippen molar-refractivity contribution in [3.05, 3.63) is 53.0 Å². The molecule has 1 aliphatic heterocycles. The Balaban J connectivity index is 1.72. The lowest BCUT2D eigenvalue weighted by Crippen LogP contribution is -2.32. The van der Waals surface area contributed by atoms with Crippen molar-refractivity contribution in [3.8, 4) is 0 Å². The number of para-hydroxylation sites is 1. The Bertz CT molecular complexity index is 1210. The number of hydrogen-bond acceptors (Lipinski definition) is 6. The molecule has 0 bridgehead atoms. The van der Waals surface area contributed by atoms with Crippen LogP contribution in [0, 0.1) is 0 Å². The molecule has 0 saturated carbocycles. The third-order valence-electron chi connectivity index (χ3n) is 5.99. The zero-order valence-corrected chi connectivity index (χ0v) is 20.4. The van der Waals surface area contributed by atoms with E-state index in [4.69, 9.17) is 4.98 Å². The molecule has 1 atom stereocenters. The molecule has 1 aromatic heterocycles. The van der Waals surface area contributed by atoms with Crippen molar-refractivity contribution in [2.24, 2.45) is 0 Å². The molecular formula is C23H28N4O3S2. The third kappa shape index (κ3) is 4.12. The number of anilines is 1. The number of hydrogen-bond donors (Lipinski definition) is 0. The van der Waals surface area contributed by atoms with Crippen molar-refractivity contribution in [2.45, 2.75) is 30.7 Å². The topological polar surface area (TPSA) is 73.8 Å². The zero-order valence-electron chi connectivity index (χ0n) is 18.8. The van der Waals surface area contributed by atoms with Crippen LogP contribution in [-0.2, 0) is 10.0 Å². The fourth-order valence-electron chi connectivity index (χ4n) is 3.89. The Hall–Kier alpha value is -2.49. The molecule has 7 nitrogen and oxygen atoms in total. The molecule has 2 aromatic carbocycles. The van der Waals surface area contributed by atoms with Gasteiger partial charge in [-0.1, -0.05) is 12.1 Å². The van der Waals surface area contributed by atoms with Crippen LogP contribution in [0.4, 0.5) is 5.69 Å². The van der Waals surface area contributed by atoms with Gasteiger partial charge in [0.05, 0.1) is 26.7 Å². The molecular weight excluding hydrogens is 444 g/mol. The number of aromatic nitrogens is 1. The third-order valence-corrected chi connectivity index (χ3v) is 9.01. The van der Waals surface area contributed by atoms with Crippen LogP contribution in [-0.4, -0.2) is 62.7 Å². The van der Waals surface area contributed by atoms with Gasteiger partial charge >= 0.3 is 0 Å². The van der Waals surface area contributed by atoms with E-state index < -0.39 is 10.0 Å². The van der Waals surface area contributed by atoms with Gasteiger partial charge in [-0.15, -0.1) is 11.3 Å². The van der Waals surface area contributed by atoms with Crippen LogP contribution in [0.3, 0.4) is 0 Å². The average molecular weight is 473 g/mol. The Morgan fingerprint density at radius 3 is 2.44 bits per heavy atom. The maximum absolute atomic E-state index is 13.7. The van der Waals surface area contributed by atoms with Crippen molar-refractivity contribution in [1.29, 1.82) is 0 Å². The van der Waals surface area contributed by atoms with Gasteiger partial charge in [-0.05, 0) is 50.1 Å². The van der Waals surface area contributed by atoms with E-state index in [9.17, 15) is 13.2 Å². The molecule has 4 rings (SSSR count). The number of carbonyl (C=O) groups excluding carboxylic acids is 1. The van der Waals surface area contributed by atoms with Gasteiger partial charge in [0, 0.05) is 39.9 Å². The Morgan fingerprint density at radius 2 is 1.78 bits per heavy atom. The summed E-state index contributed by atoms with van der Waals surface area (Å²) in [5.41, 5.74) is 2.11. The molecule has 0 radical (unpaired) electrons. The number of sulfonamides is 1. The number of fused-ring (bicyclic) bond motifs is 1. The van der Waals surface area contributed by atoms with Crippen LogP contribution in [0.5, 0.6) is 0 Å². The highest BCUT2D eigenvalue weighted by Crippen LogP contribution is 2.33. The van der Waals surface area contributed by atoms with Crippen LogP contribution < -0.4 is 4.90 Å². The summed E-state index contributed by atoms with van der Waals surface area (Å²) in [6.07, 6.45) is 2.12. The van der Waals surface area contributed by atoms with Gasteiger partial charge in [-0.3, -0.25) is 4.79 Å². The maximum Gasteiger partial charge on any atom is 0.256 e. The van der Waals surface area contributed by atoms with E-state index in [1.807, 2.05) is 31.2 Å². The molecule has 0 spiro atoms. The van der Waals surface area contributed by atoms with E-state index in [2.05, 4.69) is 4.90 Å². The fraction of sp³-hybridized carbons (Fsp3) is 0.391. The monoisotopic (exact) mass is 472 g/mol. The smallest absolute Gasteiger partial charge is 0.256 e. The lowest BCUT2D eigenvalue weighted by atomic mass is 10.1. The van der Waals surface area contributed by atoms with Gasteiger partial charge in [0.25, 0.3) is 5.91 Å². The molecule has 1 aliphatic rings. The molecule has 9 heteroatoms. The molecule has 0 unspecified atom stereocenters. The minimum Gasteiger partial charge on any atom is -0.371 e. The number of benzene rings is 2. The number of rotatable bonds is 6. The van der Waals surface area contributed by atoms with Gasteiger partial charge in [0.15, 0.2) is 0 Å². The zero-order chi connectivity index (χ0) is 23.0. The molecule has 32 heavy (non-hydrogen) atoms. The van der Waals surface area contributed by atoms with E-state index in [0.717, 1.165) is 46.8 Å². The van der Waals surface area contributed by atoms with Crippen LogP contribution in [0.15, 0.2) is 47.4 Å². The van der Waals surface area contributed by atoms with Crippen molar-refractivity contribution in [3.63, 3.8) is 0 Å². The highest BCUT2D eigenvalue weighted by molar-refractivity contribution is 7.89. The molecule has 2 heterocycles. The number of thiazole rings is 1. The number of nitrogens with zero attached hydrogens (tertiary/aromatic N) is 4. The Morgan fingerprint density at radius 1 is 1.09 bits per heavy atom. The predicted octanol–water partition coefficient (Wildman–Crippen LogP) is 3.98. The van der Waals surface area contributed by atoms with Gasteiger partial charge in [0.2, 0.25) is 10.0 Å². The highest BCUT2D eigenvalue weighted by Gasteiger charge is 2.28. The van der Waals surface area contributed by atoms with Crippen LogP contribution in [0.1, 0.15) is 41.2 Å². The van der Waals surface area contributed by atoms with Crippen molar-refractivity contribution in [2.75, 3.05) is 39.1 Å². The van der Waals surface area contributed by atoms with Gasteiger partial charge in [-0.2, -0.15) is 0 Å². The first-order valence-electron chi connectivity index (χ1n) is 10.6. The Labute approximate surface area is 193 Å². The Kier molecular flexibility index (Phi) is 6.24.